The summed E-state index contributed by atoms with van der Waals surface area (Å²) in [6, 6.07) is 5.84. The third kappa shape index (κ3) is 5.11. The first-order valence-corrected chi connectivity index (χ1v) is 6.72. The number of nitrogens with two attached hydrogens (primary N) is 1. The number of hydrogen-bond donors (Lipinski definition) is 1. The molecule has 0 radical (unpaired) electrons. The first-order chi connectivity index (χ1) is 8.52. The van der Waals surface area contributed by atoms with Gasteiger partial charge in [-0.15, -0.1) is 6.58 Å². The van der Waals surface area contributed by atoms with Crippen molar-refractivity contribution >= 4 is 11.6 Å². The molecule has 0 saturated heterocycles. The zero-order valence-electron chi connectivity index (χ0n) is 11.2. The van der Waals surface area contributed by atoms with Crippen molar-refractivity contribution in [3.63, 3.8) is 0 Å². The summed E-state index contributed by atoms with van der Waals surface area (Å²) in [5.41, 5.74) is 8.19. The zero-order valence-corrected chi connectivity index (χ0v) is 12.0. The lowest BCUT2D eigenvalue weighted by atomic mass is 10.0. The Morgan fingerprint density at radius 2 is 2.22 bits per heavy atom. The van der Waals surface area contributed by atoms with Gasteiger partial charge in [0.25, 0.3) is 0 Å². The molecule has 0 aliphatic carbocycles. The molecule has 100 valence electrons. The first kappa shape index (κ1) is 15.1. The summed E-state index contributed by atoms with van der Waals surface area (Å²) < 4.78 is 5.77. The van der Waals surface area contributed by atoms with E-state index >= 15 is 0 Å². The van der Waals surface area contributed by atoms with Gasteiger partial charge >= 0.3 is 0 Å². The second-order valence-electron chi connectivity index (χ2n) is 4.68. The minimum atomic E-state index is 0.145. The van der Waals surface area contributed by atoms with Crippen molar-refractivity contribution in [2.24, 2.45) is 5.73 Å². The van der Waals surface area contributed by atoms with Crippen molar-refractivity contribution in [1.29, 1.82) is 0 Å². The van der Waals surface area contributed by atoms with E-state index in [0.29, 0.717) is 6.61 Å². The minimum absolute atomic E-state index is 0.145. The summed E-state index contributed by atoms with van der Waals surface area (Å²) in [6.07, 6.45) is 2.60. The molecule has 0 amide bonds. The molecule has 0 aliphatic heterocycles. The first-order valence-electron chi connectivity index (χ1n) is 6.34. The minimum Gasteiger partial charge on any atom is -0.493 e. The quantitative estimate of drug-likeness (QED) is 0.759. The fourth-order valence-corrected chi connectivity index (χ4v) is 1.81. The van der Waals surface area contributed by atoms with Crippen LogP contribution in [0.15, 0.2) is 30.4 Å². The third-order valence-electron chi connectivity index (χ3n) is 2.82. The number of rotatable bonds is 7. The Morgan fingerprint density at radius 1 is 1.50 bits per heavy atom. The van der Waals surface area contributed by atoms with Crippen LogP contribution in [0.4, 0.5) is 0 Å². The Morgan fingerprint density at radius 3 is 2.83 bits per heavy atom. The fraction of sp³-hybridized carbons (Fsp3) is 0.467. The van der Waals surface area contributed by atoms with E-state index in [-0.39, 0.29) is 6.04 Å². The molecule has 1 rings (SSSR count). The topological polar surface area (TPSA) is 35.2 Å². The number of benzene rings is 1. The third-order valence-corrected chi connectivity index (χ3v) is 3.05. The van der Waals surface area contributed by atoms with Crippen LogP contribution in [0, 0.1) is 0 Å². The van der Waals surface area contributed by atoms with Crippen LogP contribution in [0.25, 0.3) is 0 Å². The Balaban J connectivity index is 2.72. The summed E-state index contributed by atoms with van der Waals surface area (Å²) in [7, 11) is 0. The maximum absolute atomic E-state index is 6.02. The van der Waals surface area contributed by atoms with Gasteiger partial charge in [-0.3, -0.25) is 0 Å². The van der Waals surface area contributed by atoms with Gasteiger partial charge in [-0.2, -0.15) is 0 Å². The fourth-order valence-electron chi connectivity index (χ4n) is 1.61. The van der Waals surface area contributed by atoms with Gasteiger partial charge < -0.3 is 10.5 Å². The van der Waals surface area contributed by atoms with Crippen molar-refractivity contribution in [1.82, 2.24) is 0 Å². The van der Waals surface area contributed by atoms with Crippen molar-refractivity contribution in [2.45, 2.75) is 39.2 Å². The highest BCUT2D eigenvalue weighted by atomic mass is 35.5. The monoisotopic (exact) mass is 267 g/mol. The summed E-state index contributed by atoms with van der Waals surface area (Å²) in [4.78, 5) is 0. The van der Waals surface area contributed by atoms with Crippen LogP contribution in [-0.4, -0.2) is 12.6 Å². The molecule has 2 nitrogen and oxygen atoms in total. The molecule has 1 aromatic rings. The average Bonchev–Trinajstić information content (AvgIpc) is 2.31. The number of halogens is 1. The Hall–Kier alpha value is -0.990. The molecule has 0 saturated carbocycles. The molecule has 2 N–H and O–H groups in total. The number of ether oxygens (including phenoxy) is 1. The van der Waals surface area contributed by atoms with Crippen LogP contribution in [0.3, 0.4) is 0 Å². The lowest BCUT2D eigenvalue weighted by molar-refractivity contribution is 0.317. The Labute approximate surface area is 115 Å². The van der Waals surface area contributed by atoms with E-state index in [9.17, 15) is 0 Å². The second kappa shape index (κ2) is 7.45. The molecule has 1 atom stereocenters. The highest BCUT2D eigenvalue weighted by Crippen LogP contribution is 2.24. The van der Waals surface area contributed by atoms with E-state index in [2.05, 4.69) is 13.5 Å². The van der Waals surface area contributed by atoms with Crippen LogP contribution in [0.5, 0.6) is 5.75 Å². The molecule has 0 spiro atoms. The van der Waals surface area contributed by atoms with E-state index in [0.717, 1.165) is 41.2 Å². The summed E-state index contributed by atoms with van der Waals surface area (Å²) in [5.74, 6) is 0.879. The maximum Gasteiger partial charge on any atom is 0.122 e. The highest BCUT2D eigenvalue weighted by molar-refractivity contribution is 6.30. The predicted molar refractivity (Wildman–Crippen MR) is 78.3 cm³/mol. The van der Waals surface area contributed by atoms with Gasteiger partial charge in [-0.25, -0.2) is 0 Å². The van der Waals surface area contributed by atoms with Gasteiger partial charge in [0.05, 0.1) is 6.61 Å². The van der Waals surface area contributed by atoms with Crippen molar-refractivity contribution in [2.75, 3.05) is 6.61 Å². The summed E-state index contributed by atoms with van der Waals surface area (Å²) in [5, 5.41) is 0.723. The molecule has 0 aromatic heterocycles. The smallest absolute Gasteiger partial charge is 0.122 e. The Kier molecular flexibility index (Phi) is 6.23. The second-order valence-corrected chi connectivity index (χ2v) is 5.12. The van der Waals surface area contributed by atoms with Gasteiger partial charge in [-0.1, -0.05) is 24.1 Å². The van der Waals surface area contributed by atoms with Crippen LogP contribution >= 0.6 is 11.6 Å². The molecule has 0 heterocycles. The van der Waals surface area contributed by atoms with Crippen LogP contribution in [0.1, 0.15) is 32.3 Å². The highest BCUT2D eigenvalue weighted by Gasteiger charge is 2.09. The van der Waals surface area contributed by atoms with Crippen LogP contribution < -0.4 is 10.5 Å². The molecule has 0 bridgehead atoms. The van der Waals surface area contributed by atoms with Gasteiger partial charge in [0.15, 0.2) is 0 Å². The molecular weight excluding hydrogens is 246 g/mol. The molecule has 18 heavy (non-hydrogen) atoms. The maximum atomic E-state index is 6.02. The van der Waals surface area contributed by atoms with E-state index in [4.69, 9.17) is 22.1 Å². The molecule has 1 unspecified atom stereocenters. The van der Waals surface area contributed by atoms with E-state index < -0.39 is 0 Å². The van der Waals surface area contributed by atoms with Gasteiger partial charge in [-0.05, 0) is 43.5 Å². The van der Waals surface area contributed by atoms with Crippen molar-refractivity contribution < 1.29 is 4.74 Å². The van der Waals surface area contributed by atoms with Gasteiger partial charge in [0.1, 0.15) is 5.75 Å². The van der Waals surface area contributed by atoms with E-state index in [1.54, 1.807) is 0 Å². The lowest BCUT2D eigenvalue weighted by Gasteiger charge is -2.15. The Bertz CT molecular complexity index is 403. The summed E-state index contributed by atoms with van der Waals surface area (Å²) >= 11 is 6.02. The number of hydrogen-bond acceptors (Lipinski definition) is 2. The van der Waals surface area contributed by atoms with Crippen molar-refractivity contribution in [3.05, 3.63) is 40.9 Å². The van der Waals surface area contributed by atoms with E-state index in [1.807, 2.05) is 25.1 Å². The standard InChI is InChI=1S/C15H22ClNO/c1-4-14(17)10-12-9-13(16)5-6-15(12)18-8-7-11(2)3/h5-6,9,14H,2,4,7-8,10,17H2,1,3H3. The molecular formula is C15H22ClNO. The normalized spacial score (nSPS) is 12.2. The zero-order chi connectivity index (χ0) is 13.5. The molecule has 0 aliphatic rings. The predicted octanol–water partition coefficient (Wildman–Crippen LogP) is 3.96. The van der Waals surface area contributed by atoms with Crippen LogP contribution in [0.2, 0.25) is 5.02 Å². The summed E-state index contributed by atoms with van der Waals surface area (Å²) in [6.45, 7) is 8.59. The van der Waals surface area contributed by atoms with Crippen LogP contribution in [-0.2, 0) is 6.42 Å². The average molecular weight is 268 g/mol. The van der Waals surface area contributed by atoms with Gasteiger partial charge in [0.2, 0.25) is 0 Å². The molecule has 1 aromatic carbocycles. The molecule has 3 heteroatoms. The SMILES string of the molecule is C=C(C)CCOc1ccc(Cl)cc1CC(N)CC. The van der Waals surface area contributed by atoms with E-state index in [1.165, 1.54) is 0 Å². The van der Waals surface area contributed by atoms with Gasteiger partial charge in [0, 0.05) is 17.5 Å². The van der Waals surface area contributed by atoms with Crippen molar-refractivity contribution in [3.8, 4) is 5.75 Å². The molecule has 0 fully saturated rings. The largest absolute Gasteiger partial charge is 0.493 e. The lowest BCUT2D eigenvalue weighted by Crippen LogP contribution is -2.21.